The first kappa shape index (κ1) is 10.8. The zero-order chi connectivity index (χ0) is 13.0. The van der Waals surface area contributed by atoms with E-state index in [9.17, 15) is 0 Å². The van der Waals surface area contributed by atoms with Crippen molar-refractivity contribution >= 4 is 10.8 Å². The van der Waals surface area contributed by atoms with E-state index in [1.54, 1.807) is 0 Å². The third-order valence-corrected chi connectivity index (χ3v) is 4.15. The molecule has 1 aliphatic carbocycles. The number of aryl methyl sites for hydroxylation is 2. The standard InChI is InChI=1S/C19H16/c1-12-3-5-14-11-19-17(9-15(14)7-12)10-16-8-13(2)4-6-18(16)19/h3-9,11H,10H2,1-2H3. The topological polar surface area (TPSA) is 0 Å². The molecule has 0 aliphatic heterocycles. The largest absolute Gasteiger partial charge is 0.0587 e. The molecule has 0 fully saturated rings. The Bertz CT molecular complexity index is 810. The fourth-order valence-corrected chi connectivity index (χ4v) is 3.20. The van der Waals surface area contributed by atoms with Crippen LogP contribution in [0.3, 0.4) is 0 Å². The Balaban J connectivity index is 2.00. The molecule has 3 aromatic carbocycles. The highest BCUT2D eigenvalue weighted by Gasteiger charge is 2.18. The van der Waals surface area contributed by atoms with E-state index in [1.165, 1.54) is 44.2 Å². The molecule has 0 N–H and O–H groups in total. The van der Waals surface area contributed by atoms with E-state index in [-0.39, 0.29) is 0 Å². The highest BCUT2D eigenvalue weighted by atomic mass is 14.2. The maximum absolute atomic E-state index is 2.37. The lowest BCUT2D eigenvalue weighted by molar-refractivity contribution is 1.25. The van der Waals surface area contributed by atoms with Crippen LogP contribution in [0, 0.1) is 13.8 Å². The van der Waals surface area contributed by atoms with Crippen molar-refractivity contribution in [1.82, 2.24) is 0 Å². The summed E-state index contributed by atoms with van der Waals surface area (Å²) in [5, 5.41) is 2.71. The monoisotopic (exact) mass is 244 g/mol. The van der Waals surface area contributed by atoms with Gasteiger partial charge in [-0.1, -0.05) is 53.6 Å². The molecule has 0 saturated heterocycles. The van der Waals surface area contributed by atoms with Crippen LogP contribution in [-0.2, 0) is 6.42 Å². The van der Waals surface area contributed by atoms with Crippen LogP contribution >= 0.6 is 0 Å². The molecule has 3 aromatic rings. The highest BCUT2D eigenvalue weighted by Crippen LogP contribution is 2.39. The molecule has 0 nitrogen and oxygen atoms in total. The van der Waals surface area contributed by atoms with Crippen molar-refractivity contribution in [2.45, 2.75) is 20.3 Å². The molecule has 0 radical (unpaired) electrons. The molecule has 0 heteroatoms. The summed E-state index contributed by atoms with van der Waals surface area (Å²) < 4.78 is 0. The van der Waals surface area contributed by atoms with Crippen molar-refractivity contribution in [3.8, 4) is 11.1 Å². The summed E-state index contributed by atoms with van der Waals surface area (Å²) in [5.74, 6) is 0. The van der Waals surface area contributed by atoms with Gasteiger partial charge >= 0.3 is 0 Å². The molecular weight excluding hydrogens is 228 g/mol. The van der Waals surface area contributed by atoms with Gasteiger partial charge in [-0.2, -0.15) is 0 Å². The lowest BCUT2D eigenvalue weighted by Gasteiger charge is -2.05. The van der Waals surface area contributed by atoms with Crippen LogP contribution in [0.1, 0.15) is 22.3 Å². The number of fused-ring (bicyclic) bond motifs is 4. The van der Waals surface area contributed by atoms with Gasteiger partial charge in [0, 0.05) is 0 Å². The fourth-order valence-electron chi connectivity index (χ4n) is 3.20. The third kappa shape index (κ3) is 1.60. The maximum atomic E-state index is 2.37. The molecule has 0 amide bonds. The Kier molecular flexibility index (Phi) is 2.11. The summed E-state index contributed by atoms with van der Waals surface area (Å²) in [6.45, 7) is 4.33. The Morgan fingerprint density at radius 3 is 2.26 bits per heavy atom. The second kappa shape index (κ2) is 3.71. The van der Waals surface area contributed by atoms with Gasteiger partial charge in [0.15, 0.2) is 0 Å². The molecule has 92 valence electrons. The summed E-state index contributed by atoms with van der Waals surface area (Å²) in [7, 11) is 0. The number of hydrogen-bond acceptors (Lipinski definition) is 0. The van der Waals surface area contributed by atoms with E-state index in [2.05, 4.69) is 62.4 Å². The van der Waals surface area contributed by atoms with Crippen molar-refractivity contribution in [2.24, 2.45) is 0 Å². The van der Waals surface area contributed by atoms with Gasteiger partial charge in [0.2, 0.25) is 0 Å². The van der Waals surface area contributed by atoms with Gasteiger partial charge in [-0.05, 0) is 59.4 Å². The van der Waals surface area contributed by atoms with Crippen molar-refractivity contribution in [1.29, 1.82) is 0 Å². The lowest BCUT2D eigenvalue weighted by Crippen LogP contribution is -1.82. The van der Waals surface area contributed by atoms with Gasteiger partial charge in [0.1, 0.15) is 0 Å². The van der Waals surface area contributed by atoms with Crippen molar-refractivity contribution in [3.63, 3.8) is 0 Å². The number of rotatable bonds is 0. The summed E-state index contributed by atoms with van der Waals surface area (Å²) >= 11 is 0. The second-order valence-corrected chi connectivity index (χ2v) is 5.70. The number of hydrogen-bond donors (Lipinski definition) is 0. The molecule has 4 rings (SSSR count). The molecule has 19 heavy (non-hydrogen) atoms. The molecule has 0 spiro atoms. The van der Waals surface area contributed by atoms with Crippen LogP contribution in [0.2, 0.25) is 0 Å². The SMILES string of the molecule is Cc1ccc2c(c1)Cc1cc3cc(C)ccc3cc1-2. The third-order valence-electron chi connectivity index (χ3n) is 4.15. The predicted molar refractivity (Wildman–Crippen MR) is 81.7 cm³/mol. The minimum absolute atomic E-state index is 1.08. The van der Waals surface area contributed by atoms with Crippen molar-refractivity contribution in [2.75, 3.05) is 0 Å². The zero-order valence-electron chi connectivity index (χ0n) is 11.3. The van der Waals surface area contributed by atoms with Crippen LogP contribution in [0.15, 0.2) is 48.5 Å². The van der Waals surface area contributed by atoms with E-state index in [0.717, 1.165) is 6.42 Å². The van der Waals surface area contributed by atoms with E-state index in [4.69, 9.17) is 0 Å². The first-order chi connectivity index (χ1) is 9.20. The molecule has 1 aliphatic rings. The van der Waals surface area contributed by atoms with Crippen LogP contribution in [0.25, 0.3) is 21.9 Å². The summed E-state index contributed by atoms with van der Waals surface area (Å²) in [4.78, 5) is 0. The average Bonchev–Trinajstić information content (AvgIpc) is 2.72. The Morgan fingerprint density at radius 2 is 1.37 bits per heavy atom. The Labute approximate surface area is 113 Å². The Morgan fingerprint density at radius 1 is 0.632 bits per heavy atom. The molecule has 0 bridgehead atoms. The minimum atomic E-state index is 1.08. The summed E-state index contributed by atoms with van der Waals surface area (Å²) in [5.41, 5.74) is 8.47. The molecule has 0 saturated carbocycles. The molecule has 0 atom stereocenters. The number of benzene rings is 3. The molecule has 0 unspecified atom stereocenters. The van der Waals surface area contributed by atoms with Crippen LogP contribution in [0.5, 0.6) is 0 Å². The van der Waals surface area contributed by atoms with Gasteiger partial charge in [-0.15, -0.1) is 0 Å². The fraction of sp³-hybridized carbons (Fsp3) is 0.158. The van der Waals surface area contributed by atoms with Gasteiger partial charge in [-0.3, -0.25) is 0 Å². The smallest absolute Gasteiger partial charge is 0.00131 e. The Hall–Kier alpha value is -2.08. The maximum Gasteiger partial charge on any atom is -0.00131 e. The van der Waals surface area contributed by atoms with Crippen molar-refractivity contribution < 1.29 is 0 Å². The minimum Gasteiger partial charge on any atom is -0.0587 e. The van der Waals surface area contributed by atoms with E-state index < -0.39 is 0 Å². The molecule has 0 aromatic heterocycles. The van der Waals surface area contributed by atoms with Crippen molar-refractivity contribution in [3.05, 3.63) is 70.8 Å². The van der Waals surface area contributed by atoms with Gasteiger partial charge < -0.3 is 0 Å². The first-order valence-electron chi connectivity index (χ1n) is 6.84. The van der Waals surface area contributed by atoms with E-state index in [1.807, 2.05) is 0 Å². The quantitative estimate of drug-likeness (QED) is 0.407. The van der Waals surface area contributed by atoms with Gasteiger partial charge in [0.05, 0.1) is 0 Å². The predicted octanol–water partition coefficient (Wildman–Crippen LogP) is 5.03. The van der Waals surface area contributed by atoms with Crippen LogP contribution < -0.4 is 0 Å². The van der Waals surface area contributed by atoms with Crippen LogP contribution in [0.4, 0.5) is 0 Å². The zero-order valence-corrected chi connectivity index (χ0v) is 11.3. The van der Waals surface area contributed by atoms with Gasteiger partial charge in [0.25, 0.3) is 0 Å². The van der Waals surface area contributed by atoms with Gasteiger partial charge in [-0.25, -0.2) is 0 Å². The second-order valence-electron chi connectivity index (χ2n) is 5.70. The average molecular weight is 244 g/mol. The van der Waals surface area contributed by atoms with E-state index in [0.29, 0.717) is 0 Å². The normalized spacial score (nSPS) is 12.5. The summed E-state index contributed by atoms with van der Waals surface area (Å²) in [6.07, 6.45) is 1.08. The first-order valence-corrected chi connectivity index (χ1v) is 6.84. The molecule has 0 heterocycles. The lowest BCUT2D eigenvalue weighted by atomic mass is 9.99. The van der Waals surface area contributed by atoms with Crippen LogP contribution in [-0.4, -0.2) is 0 Å². The summed E-state index contributed by atoms with van der Waals surface area (Å²) in [6, 6.07) is 18.2. The van der Waals surface area contributed by atoms with E-state index >= 15 is 0 Å². The molecular formula is C19H16. The highest BCUT2D eigenvalue weighted by molar-refractivity contribution is 5.92.